The van der Waals surface area contributed by atoms with Crippen LogP contribution in [-0.2, 0) is 0 Å². The molecule has 0 aromatic heterocycles. The predicted molar refractivity (Wildman–Crippen MR) is 133 cm³/mol. The van der Waals surface area contributed by atoms with Crippen molar-refractivity contribution < 1.29 is 14.7 Å². The first-order valence-electron chi connectivity index (χ1n) is 9.55. The Hall–Kier alpha value is -1.95. The first-order valence-corrected chi connectivity index (χ1v) is 15.2. The monoisotopic (exact) mass is 453 g/mol. The van der Waals surface area contributed by atoms with E-state index in [1.165, 1.54) is 0 Å². The van der Waals surface area contributed by atoms with Crippen LogP contribution in [0.3, 0.4) is 0 Å². The highest BCUT2D eigenvalue weighted by Gasteiger charge is 2.46. The molecular weight excluding hydrogens is 429 g/mol. The minimum absolute atomic E-state index is 0.777. The summed E-state index contributed by atoms with van der Waals surface area (Å²) < 4.78 is 0. The molecule has 0 fully saturated rings. The smallest absolute Gasteiger partial charge is 0.230 e. The highest BCUT2D eigenvalue weighted by molar-refractivity contribution is 7.90. The van der Waals surface area contributed by atoms with E-state index in [9.17, 15) is 14.7 Å². The molecule has 3 aromatic carbocycles. The summed E-state index contributed by atoms with van der Waals surface area (Å²) >= 11 is 0. The first kappa shape index (κ1) is 21.3. The molecule has 0 saturated carbocycles. The summed E-state index contributed by atoms with van der Waals surface area (Å²) in [4.78, 5) is 35.0. The van der Waals surface area contributed by atoms with Crippen molar-refractivity contribution in [2.24, 2.45) is 0 Å². The fraction of sp³-hybridized carbons (Fsp3) is 0. The minimum Gasteiger partial charge on any atom is -0.236 e. The van der Waals surface area contributed by atoms with Crippen molar-refractivity contribution in [2.45, 2.75) is 0 Å². The second kappa shape index (κ2) is 8.66. The van der Waals surface area contributed by atoms with Crippen LogP contribution < -0.4 is 15.9 Å². The van der Waals surface area contributed by atoms with Crippen LogP contribution in [-0.4, -0.2) is 14.7 Å². The van der Waals surface area contributed by atoms with Gasteiger partial charge >= 0.3 is 0 Å². The quantitative estimate of drug-likeness (QED) is 0.480. The molecule has 1 aliphatic heterocycles. The zero-order valence-electron chi connectivity index (χ0n) is 16.3. The third-order valence-electron chi connectivity index (χ3n) is 5.07. The Bertz CT molecular complexity index is 921. The van der Waals surface area contributed by atoms with Gasteiger partial charge in [0, 0.05) is 0 Å². The van der Waals surface area contributed by atoms with Gasteiger partial charge in [-0.05, 0) is 36.4 Å². The maximum Gasteiger partial charge on any atom is 0.230 e. The van der Waals surface area contributed by atoms with Gasteiger partial charge in [0.25, 0.3) is 0 Å². The third-order valence-corrected chi connectivity index (χ3v) is 12.8. The number of hydrogen-bond donors (Lipinski definition) is 3. The zero-order chi connectivity index (χ0) is 21.1. The van der Waals surface area contributed by atoms with Crippen LogP contribution in [0.2, 0.25) is 0 Å². The molecule has 3 N–H and O–H groups in total. The van der Waals surface area contributed by atoms with E-state index in [4.69, 9.17) is 0 Å². The molecule has 3 aromatic rings. The van der Waals surface area contributed by atoms with E-state index in [2.05, 4.69) is 0 Å². The molecule has 1 heterocycles. The lowest BCUT2D eigenvalue weighted by Crippen LogP contribution is -2.08. The second-order valence-electron chi connectivity index (χ2n) is 7.12. The molecule has 30 heavy (non-hydrogen) atoms. The molecule has 1 aliphatic rings. The van der Waals surface area contributed by atoms with Crippen LogP contribution in [0.1, 0.15) is 0 Å². The normalized spacial score (nSPS) is 30.6. The summed E-state index contributed by atoms with van der Waals surface area (Å²) in [5, 5.41) is 2.33. The van der Waals surface area contributed by atoms with Gasteiger partial charge in [-0.2, -0.15) is 0 Å². The Morgan fingerprint density at radius 2 is 0.533 bits per heavy atom. The average molecular weight is 453 g/mol. The summed E-state index contributed by atoms with van der Waals surface area (Å²) in [6.45, 7) is 0. The number of hydrogen-bond acceptors (Lipinski definition) is 3. The highest BCUT2D eigenvalue weighted by Crippen LogP contribution is 2.69. The van der Waals surface area contributed by atoms with Crippen LogP contribution >= 0.6 is 22.5 Å². The summed E-state index contributed by atoms with van der Waals surface area (Å²) in [5.74, 6) is 10.4. The molecule has 2 atom stereocenters. The van der Waals surface area contributed by atoms with Crippen LogP contribution in [0.25, 0.3) is 0 Å². The third kappa shape index (κ3) is 4.39. The standard InChI is InChI=1S/C24H24O3P3/c25-28(22-10-4-1-5-11-22)16-18-29(26,23-12-6-2-7-13-23)20-21-30(27,19-17-28)24-14-8-3-9-15-24/h1-21,25-27H/q+3/b18-16-,19-17-,21-20?. The van der Waals surface area contributed by atoms with Gasteiger partial charge in [-0.1, -0.05) is 54.6 Å². The van der Waals surface area contributed by atoms with Gasteiger partial charge in [0.2, 0.25) is 22.5 Å². The molecule has 4 rings (SSSR count). The largest absolute Gasteiger partial charge is 0.236 e. The van der Waals surface area contributed by atoms with Gasteiger partial charge in [0.15, 0.2) is 0 Å². The lowest BCUT2D eigenvalue weighted by atomic mass is 10.4. The molecule has 6 heteroatoms. The molecule has 0 amide bonds. The maximum absolute atomic E-state index is 11.7. The van der Waals surface area contributed by atoms with Crippen molar-refractivity contribution in [1.82, 2.24) is 0 Å². The highest BCUT2D eigenvalue weighted by atomic mass is 31.2. The van der Waals surface area contributed by atoms with Crippen LogP contribution in [0.5, 0.6) is 0 Å². The summed E-state index contributed by atoms with van der Waals surface area (Å²) in [7, 11) is -8.64. The Morgan fingerprint density at radius 1 is 0.333 bits per heavy atom. The summed E-state index contributed by atoms with van der Waals surface area (Å²) in [6, 6.07) is 28.3. The van der Waals surface area contributed by atoms with E-state index in [-0.39, 0.29) is 0 Å². The minimum atomic E-state index is -2.88. The molecule has 150 valence electrons. The Kier molecular flexibility index (Phi) is 6.14. The molecule has 2 unspecified atom stereocenters. The van der Waals surface area contributed by atoms with Crippen molar-refractivity contribution in [3.05, 3.63) is 126 Å². The molecular formula is C24H24O3P3+3. The van der Waals surface area contributed by atoms with Crippen molar-refractivity contribution in [3.8, 4) is 0 Å². The fourth-order valence-corrected chi connectivity index (χ4v) is 11.4. The van der Waals surface area contributed by atoms with Crippen LogP contribution in [0, 0.1) is 0 Å². The van der Waals surface area contributed by atoms with Gasteiger partial charge < -0.3 is 0 Å². The van der Waals surface area contributed by atoms with Gasteiger partial charge in [-0.15, -0.1) is 0 Å². The van der Waals surface area contributed by atoms with E-state index in [1.807, 2.05) is 91.0 Å². The van der Waals surface area contributed by atoms with E-state index in [0.29, 0.717) is 0 Å². The lowest BCUT2D eigenvalue weighted by Gasteiger charge is -2.12. The van der Waals surface area contributed by atoms with Gasteiger partial charge in [0.05, 0.1) is 0 Å². The zero-order valence-corrected chi connectivity index (χ0v) is 19.0. The fourth-order valence-electron chi connectivity index (χ4n) is 3.28. The predicted octanol–water partition coefficient (Wildman–Crippen LogP) is 5.16. The van der Waals surface area contributed by atoms with Crippen molar-refractivity contribution in [1.29, 1.82) is 0 Å². The first-order chi connectivity index (χ1) is 14.4. The van der Waals surface area contributed by atoms with Crippen LogP contribution in [0.4, 0.5) is 0 Å². The molecule has 3 nitrogen and oxygen atoms in total. The molecule has 0 saturated heterocycles. The molecule has 0 bridgehead atoms. The van der Waals surface area contributed by atoms with E-state index >= 15 is 0 Å². The van der Waals surface area contributed by atoms with Crippen molar-refractivity contribution >= 4 is 38.4 Å². The Morgan fingerprint density at radius 3 is 0.733 bits per heavy atom. The van der Waals surface area contributed by atoms with Crippen molar-refractivity contribution in [3.63, 3.8) is 0 Å². The summed E-state index contributed by atoms with van der Waals surface area (Å²) in [6.07, 6.45) is 0. The number of rotatable bonds is 3. The van der Waals surface area contributed by atoms with Crippen LogP contribution in [0.15, 0.2) is 126 Å². The lowest BCUT2D eigenvalue weighted by molar-refractivity contribution is 0.628. The maximum atomic E-state index is 11.7. The molecule has 0 radical (unpaired) electrons. The SMILES string of the molecule is O[P+]1(c2ccccc2)C=C[P+](O)(c2ccccc2)/C=C\[P+](O)(c2ccccc2)/C=C\1. The molecule has 0 spiro atoms. The van der Waals surface area contributed by atoms with Gasteiger partial charge in [-0.25, -0.2) is 14.7 Å². The topological polar surface area (TPSA) is 60.7 Å². The van der Waals surface area contributed by atoms with E-state index in [1.54, 1.807) is 34.9 Å². The van der Waals surface area contributed by atoms with Crippen molar-refractivity contribution in [2.75, 3.05) is 0 Å². The molecule has 0 aliphatic carbocycles. The Labute approximate surface area is 179 Å². The summed E-state index contributed by atoms with van der Waals surface area (Å²) in [5.41, 5.74) is 0. The van der Waals surface area contributed by atoms with E-state index in [0.717, 1.165) is 15.9 Å². The Balaban J connectivity index is 1.92. The van der Waals surface area contributed by atoms with Gasteiger partial charge in [0.1, 0.15) is 50.8 Å². The van der Waals surface area contributed by atoms with E-state index < -0.39 is 22.5 Å². The van der Waals surface area contributed by atoms with Gasteiger partial charge in [-0.3, -0.25) is 0 Å². The number of benzene rings is 3. The second-order valence-corrected chi connectivity index (χ2v) is 14.9. The average Bonchev–Trinajstić information content (AvgIpc) is 2.86.